The summed E-state index contributed by atoms with van der Waals surface area (Å²) in [5, 5.41) is 0. The molecule has 0 fully saturated rings. The molecule has 0 aliphatic heterocycles. The van der Waals surface area contributed by atoms with Crippen LogP contribution in [0.5, 0.6) is 0 Å². The molecule has 1 N–H and O–H groups in total. The van der Waals surface area contributed by atoms with Crippen LogP contribution in [0, 0.1) is 13.8 Å². The molecule has 0 bridgehead atoms. The van der Waals surface area contributed by atoms with Crippen molar-refractivity contribution in [3.63, 3.8) is 0 Å². The molecule has 2 rings (SSSR count). The average Bonchev–Trinajstić information content (AvgIpc) is 2.33. The molecule has 2 aromatic carbocycles. The Bertz CT molecular complexity index is 479. The van der Waals surface area contributed by atoms with E-state index < -0.39 is 13.9 Å². The predicted molar refractivity (Wildman–Crippen MR) is 77.2 cm³/mol. The zero-order chi connectivity index (χ0) is 12.3. The van der Waals surface area contributed by atoms with Crippen LogP contribution >= 0.6 is 9.95 Å². The van der Waals surface area contributed by atoms with Gasteiger partial charge < -0.3 is 0 Å². The molecule has 88 valence electrons. The molecule has 0 saturated carbocycles. The van der Waals surface area contributed by atoms with Crippen molar-refractivity contribution in [2.45, 2.75) is 13.8 Å². The fraction of sp³-hybridized carbons (Fsp3) is 0.143. The molecule has 0 amide bonds. The molecule has 0 heterocycles. The number of nitrogens with one attached hydrogen (secondary N) is 1. The molecule has 1 atom stereocenters. The van der Waals surface area contributed by atoms with Crippen molar-refractivity contribution in [2.24, 2.45) is 0 Å². The molecule has 1 unspecified atom stereocenters. The van der Waals surface area contributed by atoms with Crippen LogP contribution in [0.2, 0.25) is 0 Å². The summed E-state index contributed by atoms with van der Waals surface area (Å²) in [6.45, 7) is 4.17. The summed E-state index contributed by atoms with van der Waals surface area (Å²) in [6.07, 6.45) is 0. The predicted octanol–water partition coefficient (Wildman–Crippen LogP) is 3.35. The first kappa shape index (κ1) is 12.5. The van der Waals surface area contributed by atoms with E-state index in [0.717, 1.165) is 5.69 Å². The Hall–Kier alpha value is -0.912. The van der Waals surface area contributed by atoms with Crippen LogP contribution in [0.1, 0.15) is 11.1 Å². The van der Waals surface area contributed by atoms with E-state index in [2.05, 4.69) is 66.6 Å². The fourth-order valence-electron chi connectivity index (χ4n) is 1.48. The van der Waals surface area contributed by atoms with Gasteiger partial charge in [0, 0.05) is 0 Å². The number of hydrogen-bond donors (Lipinski definition) is 1. The summed E-state index contributed by atoms with van der Waals surface area (Å²) in [7, 11) is 6.47. The summed E-state index contributed by atoms with van der Waals surface area (Å²) >= 11 is -1.67. The second kappa shape index (κ2) is 5.62. The van der Waals surface area contributed by atoms with E-state index >= 15 is 0 Å². The van der Waals surface area contributed by atoms with Gasteiger partial charge in [-0.05, 0) is 0 Å². The Morgan fingerprint density at radius 2 is 1.29 bits per heavy atom. The third kappa shape index (κ3) is 3.52. The van der Waals surface area contributed by atoms with E-state index in [9.17, 15) is 0 Å². The van der Waals surface area contributed by atoms with Crippen molar-refractivity contribution in [3.8, 4) is 0 Å². The monoisotopic (exact) mass is 307 g/mol. The molecule has 3 heteroatoms. The van der Waals surface area contributed by atoms with E-state index in [1.165, 1.54) is 15.5 Å². The van der Waals surface area contributed by atoms with Gasteiger partial charge >= 0.3 is 112 Å². The van der Waals surface area contributed by atoms with Crippen molar-refractivity contribution in [3.05, 3.63) is 59.7 Å². The number of anilines is 1. The van der Waals surface area contributed by atoms with Crippen molar-refractivity contribution in [1.29, 1.82) is 0 Å². The zero-order valence-electron chi connectivity index (χ0n) is 9.94. The topological polar surface area (TPSA) is 12.0 Å². The third-order valence-electron chi connectivity index (χ3n) is 2.54. The van der Waals surface area contributed by atoms with E-state index in [1.54, 1.807) is 0 Å². The van der Waals surface area contributed by atoms with Crippen LogP contribution in [-0.2, 0) is 0 Å². The van der Waals surface area contributed by atoms with Crippen LogP contribution in [0.4, 0.5) is 5.69 Å². The number of rotatable bonds is 3. The SMILES string of the molecule is Cc1ccc(N[As](Cl)c2ccc(C)cc2)cc1. The van der Waals surface area contributed by atoms with Crippen LogP contribution < -0.4 is 8.58 Å². The van der Waals surface area contributed by atoms with Gasteiger partial charge in [-0.25, -0.2) is 0 Å². The summed E-state index contributed by atoms with van der Waals surface area (Å²) in [5.41, 5.74) is 3.63. The van der Waals surface area contributed by atoms with Crippen molar-refractivity contribution in [1.82, 2.24) is 0 Å². The Balaban J connectivity index is 2.08. The van der Waals surface area contributed by atoms with Crippen LogP contribution in [0.3, 0.4) is 0 Å². The van der Waals surface area contributed by atoms with Crippen LogP contribution in [0.15, 0.2) is 48.5 Å². The normalized spacial score (nSPS) is 12.2. The molecule has 0 aromatic heterocycles. The number of halogens is 1. The van der Waals surface area contributed by atoms with Crippen molar-refractivity contribution >= 4 is 33.9 Å². The summed E-state index contributed by atoms with van der Waals surface area (Å²) < 4.78 is 4.64. The molecule has 2 aromatic rings. The van der Waals surface area contributed by atoms with Crippen molar-refractivity contribution < 1.29 is 0 Å². The van der Waals surface area contributed by atoms with E-state index in [1.807, 2.05) is 0 Å². The van der Waals surface area contributed by atoms with Crippen LogP contribution in [0.25, 0.3) is 0 Å². The molecule has 0 radical (unpaired) electrons. The first-order valence-electron chi connectivity index (χ1n) is 5.51. The second-order valence-electron chi connectivity index (χ2n) is 4.09. The number of aryl methyl sites for hydroxylation is 2. The molecule has 0 spiro atoms. The van der Waals surface area contributed by atoms with E-state index in [0.29, 0.717) is 0 Å². The first-order valence-corrected chi connectivity index (χ1v) is 9.85. The van der Waals surface area contributed by atoms with Gasteiger partial charge in [-0.15, -0.1) is 0 Å². The Labute approximate surface area is 111 Å². The third-order valence-corrected chi connectivity index (χ3v) is 6.52. The molecule has 17 heavy (non-hydrogen) atoms. The molecule has 0 saturated heterocycles. The maximum atomic E-state index is 6.47. The summed E-state index contributed by atoms with van der Waals surface area (Å²) in [4.78, 5) is 0. The van der Waals surface area contributed by atoms with Crippen LogP contribution in [-0.4, -0.2) is 13.9 Å². The minimum atomic E-state index is -1.67. The van der Waals surface area contributed by atoms with Gasteiger partial charge in [0.25, 0.3) is 0 Å². The van der Waals surface area contributed by atoms with E-state index in [4.69, 9.17) is 9.95 Å². The minimum absolute atomic E-state index is 1.10. The van der Waals surface area contributed by atoms with E-state index in [-0.39, 0.29) is 0 Å². The Kier molecular flexibility index (Phi) is 4.15. The standard InChI is InChI=1S/C14H15AsClN/c1-11-3-7-13(8-4-11)15(16)17-14-9-5-12(2)6-10-14/h3-10,17H,1-2H3. The number of benzene rings is 2. The van der Waals surface area contributed by atoms with Gasteiger partial charge in [-0.1, -0.05) is 0 Å². The van der Waals surface area contributed by atoms with Gasteiger partial charge in [0.2, 0.25) is 0 Å². The maximum absolute atomic E-state index is 6.47. The van der Waals surface area contributed by atoms with Gasteiger partial charge in [0.1, 0.15) is 0 Å². The summed E-state index contributed by atoms with van der Waals surface area (Å²) in [6, 6.07) is 16.8. The van der Waals surface area contributed by atoms with Gasteiger partial charge in [-0.2, -0.15) is 0 Å². The van der Waals surface area contributed by atoms with Gasteiger partial charge in [0.15, 0.2) is 0 Å². The second-order valence-corrected chi connectivity index (χ2v) is 8.58. The number of hydrogen-bond acceptors (Lipinski definition) is 1. The Morgan fingerprint density at radius 1 is 0.824 bits per heavy atom. The molecular formula is C14H15AsClN. The fourth-order valence-corrected chi connectivity index (χ4v) is 4.50. The quantitative estimate of drug-likeness (QED) is 0.858. The van der Waals surface area contributed by atoms with Crippen molar-refractivity contribution in [2.75, 3.05) is 4.23 Å². The molecule has 1 nitrogen and oxygen atoms in total. The molecule has 0 aliphatic rings. The first-order chi connectivity index (χ1) is 8.15. The average molecular weight is 308 g/mol. The van der Waals surface area contributed by atoms with Gasteiger partial charge in [-0.3, -0.25) is 0 Å². The molecular weight excluding hydrogens is 293 g/mol. The molecule has 0 aliphatic carbocycles. The summed E-state index contributed by atoms with van der Waals surface area (Å²) in [5.74, 6) is 0. The Morgan fingerprint density at radius 3 is 1.82 bits per heavy atom. The zero-order valence-corrected chi connectivity index (χ0v) is 12.6. The van der Waals surface area contributed by atoms with Gasteiger partial charge in [0.05, 0.1) is 0 Å².